The number of anilines is 1. The van der Waals surface area contributed by atoms with Crippen LogP contribution in [0, 0.1) is 6.92 Å². The largest absolute Gasteiger partial charge is 0.306 e. The van der Waals surface area contributed by atoms with Gasteiger partial charge in [0.25, 0.3) is 5.91 Å². The highest BCUT2D eigenvalue weighted by atomic mass is 79.9. The lowest BCUT2D eigenvalue weighted by Gasteiger charge is -2.06. The molecule has 1 N–H and O–H groups in total. The molecule has 1 amide bonds. The number of nitrogens with one attached hydrogen (secondary N) is 1. The van der Waals surface area contributed by atoms with Crippen molar-refractivity contribution in [2.45, 2.75) is 6.92 Å². The second-order valence-electron chi connectivity index (χ2n) is 3.64. The summed E-state index contributed by atoms with van der Waals surface area (Å²) >= 11 is 9.10. The van der Waals surface area contributed by atoms with E-state index in [0.717, 1.165) is 10.0 Å². The highest BCUT2D eigenvalue weighted by Gasteiger charge is 2.08. The van der Waals surface area contributed by atoms with Crippen LogP contribution < -0.4 is 5.32 Å². The summed E-state index contributed by atoms with van der Waals surface area (Å²) in [4.78, 5) is 19.6. The molecule has 1 aromatic carbocycles. The summed E-state index contributed by atoms with van der Waals surface area (Å²) in [7, 11) is 0. The van der Waals surface area contributed by atoms with E-state index in [9.17, 15) is 4.79 Å². The van der Waals surface area contributed by atoms with Gasteiger partial charge in [-0.3, -0.25) is 4.79 Å². The Bertz CT molecular complexity index is 604. The van der Waals surface area contributed by atoms with Crippen LogP contribution in [0.2, 0.25) is 5.15 Å². The van der Waals surface area contributed by atoms with Crippen LogP contribution in [0.25, 0.3) is 0 Å². The van der Waals surface area contributed by atoms with Crippen molar-refractivity contribution in [2.75, 3.05) is 5.32 Å². The number of halogens is 2. The zero-order valence-electron chi connectivity index (χ0n) is 9.45. The molecule has 0 fully saturated rings. The van der Waals surface area contributed by atoms with Gasteiger partial charge in [0.15, 0.2) is 0 Å². The molecule has 2 rings (SSSR count). The fraction of sp³-hybridized carbons (Fsp3) is 0.0833. The number of amides is 1. The molecule has 6 heteroatoms. The van der Waals surface area contributed by atoms with E-state index in [0.29, 0.717) is 11.4 Å². The van der Waals surface area contributed by atoms with Crippen molar-refractivity contribution in [3.63, 3.8) is 0 Å². The fourth-order valence-corrected chi connectivity index (χ4v) is 1.77. The molecule has 18 heavy (non-hydrogen) atoms. The Morgan fingerprint density at radius 1 is 1.33 bits per heavy atom. The van der Waals surface area contributed by atoms with Gasteiger partial charge in [-0.15, -0.1) is 0 Å². The van der Waals surface area contributed by atoms with Crippen LogP contribution >= 0.6 is 27.5 Å². The van der Waals surface area contributed by atoms with Crippen molar-refractivity contribution >= 4 is 39.3 Å². The molecule has 0 unspecified atom stereocenters. The Hall–Kier alpha value is -1.46. The summed E-state index contributed by atoms with van der Waals surface area (Å²) < 4.78 is 0.962. The van der Waals surface area contributed by atoms with Crippen LogP contribution in [0.3, 0.4) is 0 Å². The average molecular weight is 327 g/mol. The molecular weight excluding hydrogens is 318 g/mol. The molecule has 0 saturated heterocycles. The standard InChI is InChI=1S/C12H9BrClN3O/c1-7-4-8(2-3-9(7)13)12(18)17-11-5-10(14)15-6-16-11/h2-6H,1H3,(H,15,16,17,18). The van der Waals surface area contributed by atoms with E-state index in [2.05, 4.69) is 31.2 Å². The highest BCUT2D eigenvalue weighted by Crippen LogP contribution is 2.18. The monoisotopic (exact) mass is 325 g/mol. The van der Waals surface area contributed by atoms with Gasteiger partial charge in [0.1, 0.15) is 17.3 Å². The molecule has 0 saturated carbocycles. The summed E-state index contributed by atoms with van der Waals surface area (Å²) in [6.07, 6.45) is 1.30. The Morgan fingerprint density at radius 2 is 2.11 bits per heavy atom. The molecule has 4 nitrogen and oxygen atoms in total. The molecular formula is C12H9BrClN3O. The summed E-state index contributed by atoms with van der Waals surface area (Å²) in [5, 5.41) is 2.94. The molecule has 0 bridgehead atoms. The summed E-state index contributed by atoms with van der Waals surface area (Å²) in [5.41, 5.74) is 1.55. The number of nitrogens with zero attached hydrogens (tertiary/aromatic N) is 2. The Labute approximate surface area is 118 Å². The minimum Gasteiger partial charge on any atom is -0.306 e. The average Bonchev–Trinajstić information content (AvgIpc) is 2.32. The highest BCUT2D eigenvalue weighted by molar-refractivity contribution is 9.10. The van der Waals surface area contributed by atoms with Gasteiger partial charge in [0, 0.05) is 16.1 Å². The second-order valence-corrected chi connectivity index (χ2v) is 4.89. The van der Waals surface area contributed by atoms with E-state index in [-0.39, 0.29) is 11.1 Å². The molecule has 1 aromatic heterocycles. The number of benzene rings is 1. The first-order valence-corrected chi connectivity index (χ1v) is 6.28. The van der Waals surface area contributed by atoms with Crippen molar-refractivity contribution in [2.24, 2.45) is 0 Å². The van der Waals surface area contributed by atoms with Crippen LogP contribution in [0.4, 0.5) is 5.82 Å². The molecule has 0 aliphatic rings. The van der Waals surface area contributed by atoms with Gasteiger partial charge in [0.05, 0.1) is 0 Å². The Morgan fingerprint density at radius 3 is 2.78 bits per heavy atom. The van der Waals surface area contributed by atoms with Gasteiger partial charge >= 0.3 is 0 Å². The smallest absolute Gasteiger partial charge is 0.256 e. The Kier molecular flexibility index (Phi) is 3.93. The van der Waals surface area contributed by atoms with Crippen LogP contribution in [0.5, 0.6) is 0 Å². The van der Waals surface area contributed by atoms with E-state index < -0.39 is 0 Å². The number of hydrogen-bond acceptors (Lipinski definition) is 3. The topological polar surface area (TPSA) is 54.9 Å². The maximum Gasteiger partial charge on any atom is 0.256 e. The Balaban J connectivity index is 2.19. The third kappa shape index (κ3) is 3.05. The fourth-order valence-electron chi connectivity index (χ4n) is 1.38. The number of aromatic nitrogens is 2. The van der Waals surface area contributed by atoms with E-state index in [1.54, 1.807) is 12.1 Å². The lowest BCUT2D eigenvalue weighted by atomic mass is 10.1. The first-order chi connectivity index (χ1) is 8.56. The third-order valence-electron chi connectivity index (χ3n) is 2.30. The first kappa shape index (κ1) is 13.0. The van der Waals surface area contributed by atoms with Crippen LogP contribution in [0.1, 0.15) is 15.9 Å². The van der Waals surface area contributed by atoms with Gasteiger partial charge in [0.2, 0.25) is 0 Å². The van der Waals surface area contributed by atoms with Crippen molar-refractivity contribution in [1.82, 2.24) is 9.97 Å². The van der Waals surface area contributed by atoms with Crippen LogP contribution in [0.15, 0.2) is 35.1 Å². The number of aryl methyl sites for hydroxylation is 1. The molecule has 92 valence electrons. The van der Waals surface area contributed by atoms with E-state index in [1.165, 1.54) is 12.4 Å². The quantitative estimate of drug-likeness (QED) is 0.860. The van der Waals surface area contributed by atoms with Crippen LogP contribution in [-0.4, -0.2) is 15.9 Å². The van der Waals surface area contributed by atoms with Gasteiger partial charge < -0.3 is 5.32 Å². The number of hydrogen-bond donors (Lipinski definition) is 1. The molecule has 0 spiro atoms. The van der Waals surface area contributed by atoms with Crippen molar-refractivity contribution in [3.05, 3.63) is 51.3 Å². The minimum absolute atomic E-state index is 0.236. The molecule has 0 aliphatic heterocycles. The number of carbonyl (C=O) groups excluding carboxylic acids is 1. The van der Waals surface area contributed by atoms with Crippen LogP contribution in [-0.2, 0) is 0 Å². The first-order valence-electron chi connectivity index (χ1n) is 5.11. The van der Waals surface area contributed by atoms with E-state index in [4.69, 9.17) is 11.6 Å². The van der Waals surface area contributed by atoms with Gasteiger partial charge in [-0.2, -0.15) is 0 Å². The lowest BCUT2D eigenvalue weighted by molar-refractivity contribution is 0.102. The van der Waals surface area contributed by atoms with Gasteiger partial charge in [-0.25, -0.2) is 9.97 Å². The normalized spacial score (nSPS) is 10.2. The SMILES string of the molecule is Cc1cc(C(=O)Nc2cc(Cl)ncn2)ccc1Br. The molecule has 0 atom stereocenters. The maximum absolute atomic E-state index is 12.0. The van der Waals surface area contributed by atoms with Crippen molar-refractivity contribution < 1.29 is 4.79 Å². The minimum atomic E-state index is -0.236. The molecule has 1 heterocycles. The zero-order chi connectivity index (χ0) is 13.1. The van der Waals surface area contributed by atoms with Crippen molar-refractivity contribution in [1.29, 1.82) is 0 Å². The summed E-state index contributed by atoms with van der Waals surface area (Å²) in [5.74, 6) is 0.140. The number of carbonyl (C=O) groups is 1. The van der Waals surface area contributed by atoms with Gasteiger partial charge in [-0.1, -0.05) is 27.5 Å². The molecule has 2 aromatic rings. The maximum atomic E-state index is 12.0. The summed E-state index contributed by atoms with van der Waals surface area (Å²) in [6.45, 7) is 1.92. The lowest BCUT2D eigenvalue weighted by Crippen LogP contribution is -2.13. The summed E-state index contributed by atoms with van der Waals surface area (Å²) in [6, 6.07) is 6.85. The number of rotatable bonds is 2. The predicted octanol–water partition coefficient (Wildman–Crippen LogP) is 3.45. The van der Waals surface area contributed by atoms with E-state index in [1.807, 2.05) is 13.0 Å². The molecule has 0 aliphatic carbocycles. The van der Waals surface area contributed by atoms with Crippen molar-refractivity contribution in [3.8, 4) is 0 Å². The van der Waals surface area contributed by atoms with Gasteiger partial charge in [-0.05, 0) is 30.7 Å². The second kappa shape index (κ2) is 5.46. The van der Waals surface area contributed by atoms with E-state index >= 15 is 0 Å². The molecule has 0 radical (unpaired) electrons. The zero-order valence-corrected chi connectivity index (χ0v) is 11.8. The predicted molar refractivity (Wildman–Crippen MR) is 73.9 cm³/mol. The third-order valence-corrected chi connectivity index (χ3v) is 3.39.